The van der Waals surface area contributed by atoms with Crippen LogP contribution in [0.25, 0.3) is 17.0 Å². The van der Waals surface area contributed by atoms with Crippen molar-refractivity contribution in [1.29, 1.82) is 0 Å². The monoisotopic (exact) mass is 418 g/mol. The number of nitrogens with zero attached hydrogens (tertiary/aromatic N) is 7. The van der Waals surface area contributed by atoms with E-state index >= 15 is 0 Å². The van der Waals surface area contributed by atoms with Crippen LogP contribution < -0.4 is 10.2 Å². The molecule has 0 unspecified atom stereocenters. The fourth-order valence-electron chi connectivity index (χ4n) is 3.89. The lowest BCUT2D eigenvalue weighted by molar-refractivity contribution is 0.521. The number of hydrogen-bond donors (Lipinski definition) is 1. The Bertz CT molecular complexity index is 1200. The molecule has 9 heteroatoms. The summed E-state index contributed by atoms with van der Waals surface area (Å²) >= 11 is 0. The highest BCUT2D eigenvalue weighted by molar-refractivity contribution is 5.60. The first kappa shape index (κ1) is 19.3. The second kappa shape index (κ2) is 8.25. The minimum Gasteiger partial charge on any atom is -0.366 e. The van der Waals surface area contributed by atoms with Crippen molar-refractivity contribution in [2.75, 3.05) is 23.3 Å². The molecule has 4 aromatic rings. The first-order chi connectivity index (χ1) is 15.2. The molecule has 1 aliphatic rings. The summed E-state index contributed by atoms with van der Waals surface area (Å²) in [5, 5.41) is 16.4. The highest BCUT2D eigenvalue weighted by atomic mass is 19.1. The van der Waals surface area contributed by atoms with Crippen molar-refractivity contribution < 1.29 is 4.39 Å². The quantitative estimate of drug-likeness (QED) is 0.532. The smallest absolute Gasteiger partial charge is 0.188 e. The van der Waals surface area contributed by atoms with Gasteiger partial charge in [0.05, 0.1) is 5.56 Å². The van der Waals surface area contributed by atoms with Gasteiger partial charge in [0, 0.05) is 30.9 Å². The van der Waals surface area contributed by atoms with E-state index in [0.717, 1.165) is 49.7 Å². The van der Waals surface area contributed by atoms with Gasteiger partial charge in [-0.3, -0.25) is 0 Å². The lowest BCUT2D eigenvalue weighted by Gasteiger charge is -2.33. The highest BCUT2D eigenvalue weighted by Crippen LogP contribution is 2.23. The molecule has 0 spiro atoms. The number of rotatable bonds is 5. The van der Waals surface area contributed by atoms with Gasteiger partial charge in [0.1, 0.15) is 23.8 Å². The number of hydrogen-bond acceptors (Lipinski definition) is 7. The standard InChI is InChI=1S/C22H23FN8/c1-2-15-13-21(25-14-24-15)30-11-9-16(10-12-30)26-19-7-8-20-27-28-22(31(20)29-19)17-5-3-4-6-18(17)23/h3-8,13-14,16H,2,9-12H2,1H3,(H,26,29). The van der Waals surface area contributed by atoms with Crippen LogP contribution in [0, 0.1) is 5.82 Å². The molecule has 1 saturated heterocycles. The van der Waals surface area contributed by atoms with Crippen LogP contribution in [-0.4, -0.2) is 48.9 Å². The van der Waals surface area contributed by atoms with Gasteiger partial charge in [0.25, 0.3) is 0 Å². The van der Waals surface area contributed by atoms with E-state index in [-0.39, 0.29) is 5.82 Å². The van der Waals surface area contributed by atoms with Crippen molar-refractivity contribution >= 4 is 17.3 Å². The highest BCUT2D eigenvalue weighted by Gasteiger charge is 2.21. The summed E-state index contributed by atoms with van der Waals surface area (Å²) in [6, 6.07) is 12.6. The van der Waals surface area contributed by atoms with Gasteiger partial charge in [-0.1, -0.05) is 19.1 Å². The van der Waals surface area contributed by atoms with Crippen LogP contribution in [0.2, 0.25) is 0 Å². The topological polar surface area (TPSA) is 84.1 Å². The Balaban J connectivity index is 1.30. The van der Waals surface area contributed by atoms with Crippen LogP contribution in [0.4, 0.5) is 16.0 Å². The molecule has 0 amide bonds. The maximum absolute atomic E-state index is 14.2. The molecule has 0 aliphatic carbocycles. The molecule has 0 bridgehead atoms. The molecule has 158 valence electrons. The van der Waals surface area contributed by atoms with E-state index in [1.807, 2.05) is 12.1 Å². The van der Waals surface area contributed by atoms with Crippen LogP contribution in [0.5, 0.6) is 0 Å². The molecule has 1 N–H and O–H groups in total. The predicted molar refractivity (Wildman–Crippen MR) is 116 cm³/mol. The number of nitrogens with one attached hydrogen (secondary N) is 1. The van der Waals surface area contributed by atoms with Crippen molar-refractivity contribution in [1.82, 2.24) is 29.8 Å². The van der Waals surface area contributed by atoms with E-state index in [1.165, 1.54) is 6.07 Å². The van der Waals surface area contributed by atoms with Gasteiger partial charge in [-0.15, -0.1) is 15.3 Å². The Labute approximate surface area is 179 Å². The van der Waals surface area contributed by atoms with Gasteiger partial charge >= 0.3 is 0 Å². The van der Waals surface area contributed by atoms with Crippen LogP contribution in [0.3, 0.4) is 0 Å². The normalized spacial score (nSPS) is 14.8. The van der Waals surface area contributed by atoms with Gasteiger partial charge in [0.15, 0.2) is 11.5 Å². The Kier molecular flexibility index (Phi) is 5.15. The van der Waals surface area contributed by atoms with Gasteiger partial charge in [0.2, 0.25) is 0 Å². The number of anilines is 2. The summed E-state index contributed by atoms with van der Waals surface area (Å²) in [6.45, 7) is 3.92. The molecule has 31 heavy (non-hydrogen) atoms. The third kappa shape index (κ3) is 3.90. The third-order valence-corrected chi connectivity index (χ3v) is 5.62. The van der Waals surface area contributed by atoms with E-state index in [1.54, 1.807) is 29.0 Å². The maximum atomic E-state index is 14.2. The van der Waals surface area contributed by atoms with Crippen molar-refractivity contribution in [3.63, 3.8) is 0 Å². The Morgan fingerprint density at radius 3 is 2.71 bits per heavy atom. The van der Waals surface area contributed by atoms with E-state index in [0.29, 0.717) is 23.1 Å². The minimum absolute atomic E-state index is 0.294. The maximum Gasteiger partial charge on any atom is 0.188 e. The van der Waals surface area contributed by atoms with Crippen molar-refractivity contribution in [3.05, 3.63) is 60.3 Å². The van der Waals surface area contributed by atoms with Crippen molar-refractivity contribution in [2.45, 2.75) is 32.2 Å². The van der Waals surface area contributed by atoms with Crippen molar-refractivity contribution in [3.8, 4) is 11.4 Å². The molecular formula is C22H23FN8. The summed E-state index contributed by atoms with van der Waals surface area (Å²) in [5.41, 5.74) is 2.01. The molecule has 5 rings (SSSR count). The minimum atomic E-state index is -0.347. The zero-order chi connectivity index (χ0) is 21.2. The fourth-order valence-corrected chi connectivity index (χ4v) is 3.89. The molecule has 3 aromatic heterocycles. The summed E-state index contributed by atoms with van der Waals surface area (Å²) in [4.78, 5) is 11.0. The van der Waals surface area contributed by atoms with Crippen LogP contribution >= 0.6 is 0 Å². The van der Waals surface area contributed by atoms with Gasteiger partial charge in [-0.05, 0) is 43.5 Å². The number of halogens is 1. The van der Waals surface area contributed by atoms with Crippen molar-refractivity contribution in [2.24, 2.45) is 0 Å². The number of fused-ring (bicyclic) bond motifs is 1. The Hall–Kier alpha value is -3.62. The van der Waals surface area contributed by atoms with E-state index < -0.39 is 0 Å². The molecule has 1 aliphatic heterocycles. The molecule has 0 radical (unpaired) electrons. The summed E-state index contributed by atoms with van der Waals surface area (Å²) in [6.07, 6.45) is 4.48. The number of aryl methyl sites for hydroxylation is 1. The second-order valence-corrected chi connectivity index (χ2v) is 7.62. The summed E-state index contributed by atoms with van der Waals surface area (Å²) in [7, 11) is 0. The Morgan fingerprint density at radius 2 is 1.90 bits per heavy atom. The summed E-state index contributed by atoms with van der Waals surface area (Å²) < 4.78 is 15.8. The number of benzene rings is 1. The average Bonchev–Trinajstić information content (AvgIpc) is 3.23. The average molecular weight is 418 g/mol. The molecule has 8 nitrogen and oxygen atoms in total. The molecule has 0 saturated carbocycles. The SMILES string of the molecule is CCc1cc(N2CCC(Nc3ccc4nnc(-c5ccccc5F)n4n3)CC2)ncn1. The third-order valence-electron chi connectivity index (χ3n) is 5.62. The zero-order valence-corrected chi connectivity index (χ0v) is 17.2. The zero-order valence-electron chi connectivity index (χ0n) is 17.2. The molecule has 0 atom stereocenters. The largest absolute Gasteiger partial charge is 0.366 e. The summed E-state index contributed by atoms with van der Waals surface area (Å²) in [5.74, 6) is 1.75. The van der Waals surface area contributed by atoms with Gasteiger partial charge in [-0.25, -0.2) is 14.4 Å². The van der Waals surface area contributed by atoms with Crippen LogP contribution in [0.15, 0.2) is 48.8 Å². The van der Waals surface area contributed by atoms with Crippen LogP contribution in [0.1, 0.15) is 25.5 Å². The number of piperidine rings is 1. The molecule has 1 fully saturated rings. The predicted octanol–water partition coefficient (Wildman–Crippen LogP) is 3.36. The molecule has 4 heterocycles. The van der Waals surface area contributed by atoms with E-state index in [9.17, 15) is 4.39 Å². The lowest BCUT2D eigenvalue weighted by atomic mass is 10.0. The van der Waals surface area contributed by atoms with E-state index in [2.05, 4.69) is 48.5 Å². The second-order valence-electron chi connectivity index (χ2n) is 7.62. The van der Waals surface area contributed by atoms with Gasteiger partial charge in [-0.2, -0.15) is 4.52 Å². The fraction of sp³-hybridized carbons (Fsp3) is 0.318. The first-order valence-corrected chi connectivity index (χ1v) is 10.5. The van der Waals surface area contributed by atoms with Crippen LogP contribution in [-0.2, 0) is 6.42 Å². The first-order valence-electron chi connectivity index (χ1n) is 10.5. The lowest BCUT2D eigenvalue weighted by Crippen LogP contribution is -2.39. The molecule has 1 aromatic carbocycles. The van der Waals surface area contributed by atoms with Gasteiger partial charge < -0.3 is 10.2 Å². The Morgan fingerprint density at radius 1 is 1.06 bits per heavy atom. The number of aromatic nitrogens is 6. The molecular weight excluding hydrogens is 395 g/mol. The van der Waals surface area contributed by atoms with E-state index in [4.69, 9.17) is 0 Å².